The van der Waals surface area contributed by atoms with Crippen molar-refractivity contribution in [2.45, 2.75) is 174 Å². The molecule has 0 amide bonds. The average Bonchev–Trinajstić information content (AvgIpc) is 3.62. The van der Waals surface area contributed by atoms with Gasteiger partial charge >= 0.3 is 0 Å². The normalized spacial score (nSPS) is 18.5. The first kappa shape index (κ1) is 45.2. The molecular weight excluding hydrogens is 760 g/mol. The van der Waals surface area contributed by atoms with E-state index in [-0.39, 0.29) is 10.8 Å². The summed E-state index contributed by atoms with van der Waals surface area (Å²) in [4.78, 5) is 2.67. The van der Waals surface area contributed by atoms with E-state index in [2.05, 4.69) is 148 Å². The van der Waals surface area contributed by atoms with Crippen LogP contribution in [0.1, 0.15) is 175 Å². The van der Waals surface area contributed by atoms with E-state index in [0.717, 1.165) is 37.4 Å². The summed E-state index contributed by atoms with van der Waals surface area (Å²) < 4.78 is 2.67. The number of benzene rings is 4. The van der Waals surface area contributed by atoms with Crippen molar-refractivity contribution in [3.8, 4) is 0 Å². The largest absolute Gasteiger partial charge is 0.343 e. The Morgan fingerprint density at radius 3 is 1.84 bits per heavy atom. The molecule has 0 radical (unpaired) electrons. The number of hydrogen-bond donors (Lipinski definition) is 0. The van der Waals surface area contributed by atoms with E-state index in [1.54, 1.807) is 0 Å². The zero-order valence-electron chi connectivity index (χ0n) is 38.9. The van der Waals surface area contributed by atoms with Gasteiger partial charge in [0, 0.05) is 46.1 Å². The molecule has 7 rings (SSSR count). The molecule has 0 atom stereocenters. The molecule has 2 heterocycles. The van der Waals surface area contributed by atoms with Crippen LogP contribution in [0.5, 0.6) is 0 Å². The third-order valence-corrected chi connectivity index (χ3v) is 14.8. The van der Waals surface area contributed by atoms with E-state index in [4.69, 9.17) is 11.6 Å². The van der Waals surface area contributed by atoms with Crippen LogP contribution < -0.4 is 4.90 Å². The van der Waals surface area contributed by atoms with Crippen LogP contribution in [-0.4, -0.2) is 23.4 Å². The summed E-state index contributed by atoms with van der Waals surface area (Å²) in [5.74, 6) is 0. The van der Waals surface area contributed by atoms with Crippen LogP contribution in [0.3, 0.4) is 0 Å². The lowest BCUT2D eigenvalue weighted by molar-refractivity contribution is -0.436. The van der Waals surface area contributed by atoms with Gasteiger partial charge in [-0.3, -0.25) is 0 Å². The fraction of sp³-hybridized carbons (Fsp3) is 0.500. The molecule has 2 aliphatic heterocycles. The Labute approximate surface area is 375 Å². The molecular formula is C58H76ClN2+. The Kier molecular flexibility index (Phi) is 15.5. The van der Waals surface area contributed by atoms with E-state index in [9.17, 15) is 0 Å². The van der Waals surface area contributed by atoms with E-state index in [1.807, 2.05) is 0 Å². The lowest BCUT2D eigenvalue weighted by atomic mass is 9.80. The van der Waals surface area contributed by atoms with Crippen molar-refractivity contribution in [2.24, 2.45) is 0 Å². The lowest BCUT2D eigenvalue weighted by Crippen LogP contribution is -2.28. The molecule has 0 saturated heterocycles. The van der Waals surface area contributed by atoms with Gasteiger partial charge in [0.05, 0.1) is 16.5 Å². The summed E-state index contributed by atoms with van der Waals surface area (Å²) >= 11 is 7.49. The molecule has 4 aromatic carbocycles. The number of allylic oxidation sites excluding steroid dienone is 8. The number of hydrogen-bond acceptors (Lipinski definition) is 1. The van der Waals surface area contributed by atoms with Gasteiger partial charge in [0.1, 0.15) is 6.54 Å². The van der Waals surface area contributed by atoms with Gasteiger partial charge in [-0.2, -0.15) is 4.58 Å². The highest BCUT2D eigenvalue weighted by atomic mass is 35.5. The quantitative estimate of drug-likeness (QED) is 0.0599. The molecule has 2 nitrogen and oxygen atoms in total. The predicted molar refractivity (Wildman–Crippen MR) is 268 cm³/mol. The molecule has 3 heteroatoms. The van der Waals surface area contributed by atoms with Gasteiger partial charge in [0.15, 0.2) is 5.71 Å². The van der Waals surface area contributed by atoms with Gasteiger partial charge in [-0.25, -0.2) is 0 Å². The Morgan fingerprint density at radius 2 is 1.16 bits per heavy atom. The van der Waals surface area contributed by atoms with Gasteiger partial charge < -0.3 is 4.90 Å². The van der Waals surface area contributed by atoms with Crippen molar-refractivity contribution >= 4 is 50.2 Å². The van der Waals surface area contributed by atoms with Gasteiger partial charge in [0.2, 0.25) is 5.69 Å². The standard InChI is InChI=1S/C58H76ClN2/c1-7-9-11-13-15-17-19-25-42-60-52(57(3,4)50-38-34-44-28-21-23-32-48(44)55(50)60)40-36-46-30-27-31-47(54(46)59)37-41-53-58(5,6)51-39-35-45-29-22-24-33-49(45)56(51)61(53)43-26-20-18-16-14-12-10-8-2/h21-24,28-29,32-41H,7-20,25-27,30-31,42-43H2,1-6H3/q+1. The second-order valence-corrected chi connectivity index (χ2v) is 19.9. The van der Waals surface area contributed by atoms with Crippen molar-refractivity contribution in [1.29, 1.82) is 0 Å². The van der Waals surface area contributed by atoms with E-state index in [0.29, 0.717) is 0 Å². The summed E-state index contributed by atoms with van der Waals surface area (Å²) in [5.41, 5.74) is 10.8. The zero-order valence-corrected chi connectivity index (χ0v) is 39.6. The summed E-state index contributed by atoms with van der Waals surface area (Å²) in [6.07, 6.45) is 34.0. The van der Waals surface area contributed by atoms with Crippen molar-refractivity contribution in [1.82, 2.24) is 0 Å². The van der Waals surface area contributed by atoms with Crippen LogP contribution in [-0.2, 0) is 10.8 Å². The highest BCUT2D eigenvalue weighted by Gasteiger charge is 2.45. The molecule has 4 aromatic rings. The molecule has 0 aromatic heterocycles. The zero-order chi connectivity index (χ0) is 42.8. The van der Waals surface area contributed by atoms with Crippen molar-refractivity contribution in [3.05, 3.63) is 130 Å². The minimum atomic E-state index is -0.105. The fourth-order valence-electron chi connectivity index (χ4n) is 10.7. The van der Waals surface area contributed by atoms with Crippen LogP contribution in [0, 0.1) is 0 Å². The Hall–Kier alpha value is -3.88. The second kappa shape index (κ2) is 21.0. The maximum Gasteiger partial charge on any atom is 0.217 e. The van der Waals surface area contributed by atoms with Gasteiger partial charge in [-0.05, 0) is 85.6 Å². The Bertz CT molecular complexity index is 2290. The number of anilines is 1. The second-order valence-electron chi connectivity index (χ2n) is 19.5. The van der Waals surface area contributed by atoms with Crippen molar-refractivity contribution in [2.75, 3.05) is 18.0 Å². The number of rotatable bonds is 21. The van der Waals surface area contributed by atoms with E-state index in [1.165, 1.54) is 169 Å². The van der Waals surface area contributed by atoms with Crippen LogP contribution in [0.25, 0.3) is 21.5 Å². The summed E-state index contributed by atoms with van der Waals surface area (Å²) in [6.45, 7) is 16.4. The maximum atomic E-state index is 7.49. The smallest absolute Gasteiger partial charge is 0.217 e. The SMILES string of the molecule is CCCCCCCCCCN1C(=CC=C2CCCC(C=CC3=[N+](CCCCCCCCCC)c4c(ccc5ccccc45)C3(C)C)=C2Cl)C(C)(C)c2ccc3ccccc3c21. The third-order valence-electron chi connectivity index (χ3n) is 14.4. The monoisotopic (exact) mass is 836 g/mol. The molecule has 0 fully saturated rings. The van der Waals surface area contributed by atoms with Crippen LogP contribution >= 0.6 is 11.6 Å². The fourth-order valence-corrected chi connectivity index (χ4v) is 11.0. The number of nitrogens with zero attached hydrogens (tertiary/aromatic N) is 2. The highest BCUT2D eigenvalue weighted by Crippen LogP contribution is 2.51. The van der Waals surface area contributed by atoms with Crippen molar-refractivity contribution in [3.63, 3.8) is 0 Å². The van der Waals surface area contributed by atoms with Gasteiger partial charge in [0.25, 0.3) is 0 Å². The first-order valence-corrected chi connectivity index (χ1v) is 25.0. The third kappa shape index (κ3) is 10.0. The molecule has 0 saturated carbocycles. The lowest BCUT2D eigenvalue weighted by Gasteiger charge is -2.27. The number of unbranched alkanes of at least 4 members (excludes halogenated alkanes) is 14. The minimum absolute atomic E-state index is 0.105. The highest BCUT2D eigenvalue weighted by molar-refractivity contribution is 6.32. The summed E-state index contributed by atoms with van der Waals surface area (Å²) in [5, 5.41) is 6.32. The molecule has 0 bridgehead atoms. The summed E-state index contributed by atoms with van der Waals surface area (Å²) in [6, 6.07) is 27.4. The first-order chi connectivity index (χ1) is 29.7. The molecule has 324 valence electrons. The van der Waals surface area contributed by atoms with Crippen LogP contribution in [0.15, 0.2) is 119 Å². The van der Waals surface area contributed by atoms with Crippen LogP contribution in [0.4, 0.5) is 11.4 Å². The number of fused-ring (bicyclic) bond motifs is 6. The van der Waals surface area contributed by atoms with E-state index >= 15 is 0 Å². The molecule has 0 spiro atoms. The molecule has 0 unspecified atom stereocenters. The Balaban J connectivity index is 1.17. The predicted octanol–water partition coefficient (Wildman–Crippen LogP) is 17.5. The van der Waals surface area contributed by atoms with Gasteiger partial charge in [-0.15, -0.1) is 0 Å². The minimum Gasteiger partial charge on any atom is -0.343 e. The van der Waals surface area contributed by atoms with E-state index < -0.39 is 0 Å². The topological polar surface area (TPSA) is 6.25 Å². The van der Waals surface area contributed by atoms with Gasteiger partial charge in [-0.1, -0.05) is 202 Å². The molecule has 61 heavy (non-hydrogen) atoms. The van der Waals surface area contributed by atoms with Crippen LogP contribution in [0.2, 0.25) is 0 Å². The maximum absolute atomic E-state index is 7.49. The summed E-state index contributed by atoms with van der Waals surface area (Å²) in [7, 11) is 0. The Morgan fingerprint density at radius 1 is 0.590 bits per heavy atom. The van der Waals surface area contributed by atoms with Crippen molar-refractivity contribution < 1.29 is 4.58 Å². The first-order valence-electron chi connectivity index (χ1n) is 24.6. The average molecular weight is 837 g/mol. The number of halogens is 1. The molecule has 3 aliphatic rings. The molecule has 1 aliphatic carbocycles. The molecule has 0 N–H and O–H groups in total.